The number of aryl methyl sites for hydroxylation is 1. The molecule has 1 amide bonds. The molecule has 0 aliphatic rings. The molecule has 3 aromatic rings. The summed E-state index contributed by atoms with van der Waals surface area (Å²) in [4.78, 5) is 16.6. The molecule has 0 bridgehead atoms. The van der Waals surface area contributed by atoms with Gasteiger partial charge in [0.2, 0.25) is 17.6 Å². The molecule has 2 aromatic carbocycles. The van der Waals surface area contributed by atoms with Gasteiger partial charge >= 0.3 is 6.18 Å². The maximum Gasteiger partial charge on any atom is 0.416 e. The van der Waals surface area contributed by atoms with Crippen molar-refractivity contribution in [2.24, 2.45) is 0 Å². The first kappa shape index (κ1) is 23.3. The lowest BCUT2D eigenvalue weighted by atomic mass is 9.83. The third-order valence-electron chi connectivity index (χ3n) is 5.08. The number of ether oxygens (including phenoxy) is 1. The highest BCUT2D eigenvalue weighted by Gasteiger charge is 2.32. The van der Waals surface area contributed by atoms with Gasteiger partial charge in [0.05, 0.1) is 12.7 Å². The van der Waals surface area contributed by atoms with E-state index in [0.29, 0.717) is 23.0 Å². The highest BCUT2D eigenvalue weighted by atomic mass is 19.4. The fraction of sp³-hybridized carbons (Fsp3) is 0.348. The number of carbonyl (C=O) groups is 1. The first-order valence-electron chi connectivity index (χ1n) is 10.00. The molecule has 0 spiro atoms. The lowest BCUT2D eigenvalue weighted by Crippen LogP contribution is -2.37. The Kier molecular flexibility index (Phi) is 6.86. The number of rotatable bonds is 8. The first-order valence-corrected chi connectivity index (χ1v) is 10.00. The Labute approximate surface area is 183 Å². The molecule has 0 saturated carbocycles. The van der Waals surface area contributed by atoms with Crippen LogP contribution in [-0.4, -0.2) is 29.7 Å². The van der Waals surface area contributed by atoms with E-state index in [-0.39, 0.29) is 25.3 Å². The molecule has 0 atom stereocenters. The van der Waals surface area contributed by atoms with Crippen molar-refractivity contribution < 1.29 is 27.2 Å². The van der Waals surface area contributed by atoms with Gasteiger partial charge in [0, 0.05) is 30.4 Å². The summed E-state index contributed by atoms with van der Waals surface area (Å²) in [7, 11) is 1.58. The van der Waals surface area contributed by atoms with Crippen LogP contribution >= 0.6 is 0 Å². The van der Waals surface area contributed by atoms with E-state index in [9.17, 15) is 18.0 Å². The zero-order chi connectivity index (χ0) is 23.4. The normalized spacial score (nSPS) is 11.9. The smallest absolute Gasteiger partial charge is 0.416 e. The van der Waals surface area contributed by atoms with Crippen molar-refractivity contribution in [3.05, 3.63) is 65.5 Å². The predicted octanol–water partition coefficient (Wildman–Crippen LogP) is 4.79. The van der Waals surface area contributed by atoms with Gasteiger partial charge in [0.25, 0.3) is 0 Å². The molecule has 0 saturated heterocycles. The van der Waals surface area contributed by atoms with Crippen LogP contribution in [-0.2, 0) is 22.8 Å². The van der Waals surface area contributed by atoms with Gasteiger partial charge in [-0.25, -0.2) is 0 Å². The molecule has 0 unspecified atom stereocenters. The first-order chi connectivity index (χ1) is 15.1. The summed E-state index contributed by atoms with van der Waals surface area (Å²) in [6.45, 7) is 3.75. The van der Waals surface area contributed by atoms with Gasteiger partial charge in [-0.3, -0.25) is 4.79 Å². The highest BCUT2D eigenvalue weighted by Crippen LogP contribution is 2.32. The van der Waals surface area contributed by atoms with E-state index in [1.54, 1.807) is 51.3 Å². The SMILES string of the molecule is COc1ccc(-c2noc(CCC(=O)NCC(C)(C)c3cccc(C(F)(F)F)c3)n2)cc1. The van der Waals surface area contributed by atoms with Crippen molar-refractivity contribution in [1.29, 1.82) is 0 Å². The predicted molar refractivity (Wildman–Crippen MR) is 112 cm³/mol. The minimum Gasteiger partial charge on any atom is -0.497 e. The number of benzene rings is 2. The fourth-order valence-electron chi connectivity index (χ4n) is 3.06. The second kappa shape index (κ2) is 9.42. The standard InChI is InChI=1S/C23H24F3N3O3/c1-22(2,16-5-4-6-17(13-16)23(24,25)26)14-27-19(30)11-12-20-28-21(29-32-20)15-7-9-18(31-3)10-8-15/h4-10,13H,11-12,14H2,1-3H3,(H,27,30). The van der Waals surface area contributed by atoms with Crippen LogP contribution in [0.5, 0.6) is 5.75 Å². The van der Waals surface area contributed by atoms with Crippen LogP contribution in [0, 0.1) is 0 Å². The number of aromatic nitrogens is 2. The van der Waals surface area contributed by atoms with Crippen LogP contribution in [0.1, 0.15) is 37.3 Å². The van der Waals surface area contributed by atoms with Gasteiger partial charge in [0.1, 0.15) is 5.75 Å². The third-order valence-corrected chi connectivity index (χ3v) is 5.08. The number of methoxy groups -OCH3 is 1. The summed E-state index contributed by atoms with van der Waals surface area (Å²) in [6, 6.07) is 12.3. The van der Waals surface area contributed by atoms with E-state index in [1.807, 2.05) is 0 Å². The van der Waals surface area contributed by atoms with Gasteiger partial charge in [-0.1, -0.05) is 37.2 Å². The summed E-state index contributed by atoms with van der Waals surface area (Å²) in [6.07, 6.45) is -4.05. The summed E-state index contributed by atoms with van der Waals surface area (Å²) in [5, 5.41) is 6.70. The molecular weight excluding hydrogens is 423 g/mol. The molecule has 0 fully saturated rings. The Morgan fingerprint density at radius 1 is 1.09 bits per heavy atom. The van der Waals surface area contributed by atoms with Crippen molar-refractivity contribution in [3.63, 3.8) is 0 Å². The van der Waals surface area contributed by atoms with Gasteiger partial charge < -0.3 is 14.6 Å². The summed E-state index contributed by atoms with van der Waals surface area (Å²) in [5.41, 5.74) is -0.136. The number of hydrogen-bond acceptors (Lipinski definition) is 5. The van der Waals surface area contributed by atoms with Crippen molar-refractivity contribution in [3.8, 4) is 17.1 Å². The lowest BCUT2D eigenvalue weighted by Gasteiger charge is -2.26. The van der Waals surface area contributed by atoms with Crippen LogP contribution in [0.2, 0.25) is 0 Å². The van der Waals surface area contributed by atoms with E-state index in [2.05, 4.69) is 15.5 Å². The molecular formula is C23H24F3N3O3. The monoisotopic (exact) mass is 447 g/mol. The number of carbonyl (C=O) groups excluding carboxylic acids is 1. The Morgan fingerprint density at radius 2 is 1.78 bits per heavy atom. The van der Waals surface area contributed by atoms with Gasteiger partial charge in [-0.15, -0.1) is 0 Å². The van der Waals surface area contributed by atoms with E-state index >= 15 is 0 Å². The minimum atomic E-state index is -4.41. The van der Waals surface area contributed by atoms with Crippen LogP contribution in [0.25, 0.3) is 11.4 Å². The Hall–Kier alpha value is -3.36. The van der Waals surface area contributed by atoms with Crippen LogP contribution < -0.4 is 10.1 Å². The number of alkyl halides is 3. The molecule has 1 heterocycles. The van der Waals surface area contributed by atoms with Gasteiger partial charge in [-0.2, -0.15) is 18.2 Å². The molecule has 3 rings (SSSR count). The second-order valence-electron chi connectivity index (χ2n) is 7.98. The maximum atomic E-state index is 13.0. The summed E-state index contributed by atoms with van der Waals surface area (Å²) >= 11 is 0. The molecule has 9 heteroatoms. The van der Waals surface area contributed by atoms with Crippen LogP contribution in [0.15, 0.2) is 53.1 Å². The third kappa shape index (κ3) is 5.87. The van der Waals surface area contributed by atoms with Crippen molar-refractivity contribution in [1.82, 2.24) is 15.5 Å². The molecule has 0 aliphatic carbocycles. The molecule has 32 heavy (non-hydrogen) atoms. The summed E-state index contributed by atoms with van der Waals surface area (Å²) < 4.78 is 49.3. The quantitative estimate of drug-likeness (QED) is 0.537. The topological polar surface area (TPSA) is 77.2 Å². The second-order valence-corrected chi connectivity index (χ2v) is 7.98. The number of amides is 1. The Balaban J connectivity index is 1.53. The van der Waals surface area contributed by atoms with E-state index < -0.39 is 17.2 Å². The molecule has 1 aromatic heterocycles. The van der Waals surface area contributed by atoms with Crippen molar-refractivity contribution in [2.45, 2.75) is 38.3 Å². The average molecular weight is 447 g/mol. The Bertz CT molecular complexity index is 1060. The van der Waals surface area contributed by atoms with Crippen LogP contribution in [0.3, 0.4) is 0 Å². The molecule has 6 nitrogen and oxygen atoms in total. The zero-order valence-corrected chi connectivity index (χ0v) is 18.0. The molecule has 170 valence electrons. The van der Waals surface area contributed by atoms with Crippen molar-refractivity contribution >= 4 is 5.91 Å². The average Bonchev–Trinajstić information content (AvgIpc) is 3.25. The largest absolute Gasteiger partial charge is 0.497 e. The van der Waals surface area contributed by atoms with Crippen LogP contribution in [0.4, 0.5) is 13.2 Å². The maximum absolute atomic E-state index is 13.0. The zero-order valence-electron chi connectivity index (χ0n) is 18.0. The fourth-order valence-corrected chi connectivity index (χ4v) is 3.06. The minimum absolute atomic E-state index is 0.114. The molecule has 1 N–H and O–H groups in total. The number of halogens is 3. The highest BCUT2D eigenvalue weighted by molar-refractivity contribution is 5.76. The van der Waals surface area contributed by atoms with Crippen molar-refractivity contribution in [2.75, 3.05) is 13.7 Å². The van der Waals surface area contributed by atoms with E-state index in [0.717, 1.165) is 17.7 Å². The van der Waals surface area contributed by atoms with E-state index in [4.69, 9.17) is 9.26 Å². The number of nitrogens with one attached hydrogen (secondary N) is 1. The number of hydrogen-bond donors (Lipinski definition) is 1. The molecule has 0 radical (unpaired) electrons. The van der Waals surface area contributed by atoms with Gasteiger partial charge in [-0.05, 0) is 35.9 Å². The lowest BCUT2D eigenvalue weighted by molar-refractivity contribution is -0.137. The molecule has 0 aliphatic heterocycles. The number of nitrogens with zero attached hydrogens (tertiary/aromatic N) is 2. The van der Waals surface area contributed by atoms with Gasteiger partial charge in [0.15, 0.2) is 0 Å². The Morgan fingerprint density at radius 3 is 2.44 bits per heavy atom. The van der Waals surface area contributed by atoms with E-state index in [1.165, 1.54) is 6.07 Å². The summed E-state index contributed by atoms with van der Waals surface area (Å²) in [5.74, 6) is 1.19.